The van der Waals surface area contributed by atoms with Crippen LogP contribution in [-0.4, -0.2) is 26.4 Å². The number of nitrogens with zero attached hydrogens (tertiary/aromatic N) is 3. The third-order valence-corrected chi connectivity index (χ3v) is 4.44. The van der Waals surface area contributed by atoms with Gasteiger partial charge in [-0.1, -0.05) is 17.7 Å². The first kappa shape index (κ1) is 12.7. The predicted molar refractivity (Wildman–Crippen MR) is 75.7 cm³/mol. The van der Waals surface area contributed by atoms with Gasteiger partial charge >= 0.3 is 0 Å². The third kappa shape index (κ3) is 2.28. The molecule has 0 aliphatic heterocycles. The summed E-state index contributed by atoms with van der Waals surface area (Å²) >= 11 is 1.71. The molecule has 0 atom stereocenters. The zero-order chi connectivity index (χ0) is 13.2. The monoisotopic (exact) mass is 275 g/mol. The van der Waals surface area contributed by atoms with E-state index in [0.29, 0.717) is 5.92 Å². The maximum atomic E-state index is 9.43. The van der Waals surface area contributed by atoms with Crippen molar-refractivity contribution < 1.29 is 5.11 Å². The van der Waals surface area contributed by atoms with Crippen LogP contribution in [0.5, 0.6) is 0 Å². The van der Waals surface area contributed by atoms with Crippen LogP contribution in [0.1, 0.15) is 36.6 Å². The number of aliphatic hydroxyl groups excluding tert-OH is 1. The van der Waals surface area contributed by atoms with Crippen LogP contribution in [-0.2, 0) is 6.61 Å². The van der Waals surface area contributed by atoms with Gasteiger partial charge in [0.05, 0.1) is 18.0 Å². The van der Waals surface area contributed by atoms with Crippen LogP contribution in [0.2, 0.25) is 0 Å². The molecular formula is C14H17N3OS. The summed E-state index contributed by atoms with van der Waals surface area (Å²) < 4.78 is 1.90. The largest absolute Gasteiger partial charge is 0.390 e. The van der Waals surface area contributed by atoms with Crippen LogP contribution < -0.4 is 0 Å². The molecule has 0 saturated heterocycles. The Morgan fingerprint density at radius 3 is 2.89 bits per heavy atom. The van der Waals surface area contributed by atoms with E-state index in [4.69, 9.17) is 0 Å². The Bertz CT molecular complexity index is 578. The van der Waals surface area contributed by atoms with Gasteiger partial charge in [-0.15, -0.1) is 16.9 Å². The van der Waals surface area contributed by atoms with Gasteiger partial charge in [-0.05, 0) is 37.3 Å². The molecule has 1 heterocycles. The van der Waals surface area contributed by atoms with Crippen molar-refractivity contribution in [3.63, 3.8) is 0 Å². The summed E-state index contributed by atoms with van der Waals surface area (Å²) in [6, 6.07) is 8.27. The van der Waals surface area contributed by atoms with Gasteiger partial charge in [-0.25, -0.2) is 4.68 Å². The minimum Gasteiger partial charge on any atom is -0.390 e. The number of thioether (sulfide) groups is 1. The molecule has 1 fully saturated rings. The molecule has 1 saturated carbocycles. The summed E-state index contributed by atoms with van der Waals surface area (Å²) in [5.74, 6) is 0.495. The molecule has 0 spiro atoms. The van der Waals surface area contributed by atoms with Crippen LogP contribution in [0, 0.1) is 0 Å². The van der Waals surface area contributed by atoms with Crippen LogP contribution in [0.15, 0.2) is 29.2 Å². The average molecular weight is 275 g/mol. The number of hydrogen-bond donors (Lipinski definition) is 1. The van der Waals surface area contributed by atoms with E-state index in [1.807, 2.05) is 16.8 Å². The molecule has 0 radical (unpaired) electrons. The molecule has 0 amide bonds. The highest BCUT2D eigenvalue weighted by Gasteiger charge is 2.27. The number of aliphatic hydroxyl groups is 1. The number of rotatable bonds is 4. The molecule has 2 aromatic rings. The molecule has 1 N–H and O–H groups in total. The average Bonchev–Trinajstić information content (AvgIpc) is 2.80. The SMILES string of the molecule is CSc1cccc(-n2nnc(CO)c2C2CCC2)c1. The van der Waals surface area contributed by atoms with Crippen LogP contribution >= 0.6 is 11.8 Å². The van der Waals surface area contributed by atoms with Gasteiger partial charge in [0.1, 0.15) is 5.69 Å². The molecule has 3 rings (SSSR count). The van der Waals surface area contributed by atoms with Crippen molar-refractivity contribution in [2.45, 2.75) is 36.7 Å². The van der Waals surface area contributed by atoms with Gasteiger partial charge in [0.25, 0.3) is 0 Å². The molecule has 1 aliphatic carbocycles. The number of hydrogen-bond acceptors (Lipinski definition) is 4. The first-order valence-electron chi connectivity index (χ1n) is 6.53. The first-order chi connectivity index (χ1) is 9.33. The highest BCUT2D eigenvalue weighted by atomic mass is 32.2. The smallest absolute Gasteiger partial charge is 0.112 e. The lowest BCUT2D eigenvalue weighted by molar-refractivity contribution is 0.272. The lowest BCUT2D eigenvalue weighted by Gasteiger charge is -2.26. The van der Waals surface area contributed by atoms with Crippen molar-refractivity contribution in [3.8, 4) is 5.69 Å². The lowest BCUT2D eigenvalue weighted by Crippen LogP contribution is -2.16. The van der Waals surface area contributed by atoms with Gasteiger partial charge in [0, 0.05) is 10.8 Å². The quantitative estimate of drug-likeness (QED) is 0.872. The summed E-state index contributed by atoms with van der Waals surface area (Å²) in [7, 11) is 0. The van der Waals surface area contributed by atoms with E-state index in [2.05, 4.69) is 28.7 Å². The predicted octanol–water partition coefficient (Wildman–Crippen LogP) is 2.75. The molecule has 100 valence electrons. The summed E-state index contributed by atoms with van der Waals surface area (Å²) in [6.45, 7) is -0.0337. The van der Waals surface area contributed by atoms with Gasteiger partial charge in [-0.2, -0.15) is 0 Å². The topological polar surface area (TPSA) is 50.9 Å². The van der Waals surface area contributed by atoms with E-state index in [1.54, 1.807) is 11.8 Å². The summed E-state index contributed by atoms with van der Waals surface area (Å²) in [4.78, 5) is 1.21. The molecular weight excluding hydrogens is 258 g/mol. The molecule has 19 heavy (non-hydrogen) atoms. The van der Waals surface area contributed by atoms with Crippen LogP contribution in [0.4, 0.5) is 0 Å². The Hall–Kier alpha value is -1.33. The zero-order valence-electron chi connectivity index (χ0n) is 10.9. The second-order valence-electron chi connectivity index (χ2n) is 4.82. The van der Waals surface area contributed by atoms with Crippen molar-refractivity contribution >= 4 is 11.8 Å². The van der Waals surface area contributed by atoms with Gasteiger partial charge in [0.2, 0.25) is 0 Å². The molecule has 0 unspecified atom stereocenters. The van der Waals surface area contributed by atoms with E-state index in [-0.39, 0.29) is 6.61 Å². The second-order valence-corrected chi connectivity index (χ2v) is 5.70. The first-order valence-corrected chi connectivity index (χ1v) is 7.75. The fourth-order valence-electron chi connectivity index (χ4n) is 2.46. The standard InChI is InChI=1S/C14H17N3OS/c1-19-12-7-3-6-11(8-12)17-14(10-4-2-5-10)13(9-18)15-16-17/h3,6-8,10,18H,2,4-5,9H2,1H3. The van der Waals surface area contributed by atoms with Crippen molar-refractivity contribution in [2.75, 3.05) is 6.26 Å². The molecule has 1 aliphatic rings. The lowest BCUT2D eigenvalue weighted by atomic mass is 9.82. The summed E-state index contributed by atoms with van der Waals surface area (Å²) in [5.41, 5.74) is 2.84. The second kappa shape index (κ2) is 5.35. The van der Waals surface area contributed by atoms with Crippen molar-refractivity contribution in [1.82, 2.24) is 15.0 Å². The Morgan fingerprint density at radius 1 is 1.42 bits per heavy atom. The Kier molecular flexibility index (Phi) is 3.57. The van der Waals surface area contributed by atoms with E-state index in [0.717, 1.165) is 17.1 Å². The Balaban J connectivity index is 2.05. The number of aromatic nitrogens is 3. The zero-order valence-corrected chi connectivity index (χ0v) is 11.7. The molecule has 5 heteroatoms. The van der Waals surface area contributed by atoms with Crippen molar-refractivity contribution in [1.29, 1.82) is 0 Å². The molecule has 1 aromatic carbocycles. The highest BCUT2D eigenvalue weighted by molar-refractivity contribution is 7.98. The molecule has 1 aromatic heterocycles. The number of benzene rings is 1. The Labute approximate surface area is 116 Å². The van der Waals surface area contributed by atoms with Crippen LogP contribution in [0.3, 0.4) is 0 Å². The minimum atomic E-state index is -0.0337. The summed E-state index contributed by atoms with van der Waals surface area (Å²) in [6.07, 6.45) is 5.66. The van der Waals surface area contributed by atoms with Crippen molar-refractivity contribution in [2.24, 2.45) is 0 Å². The Morgan fingerprint density at radius 2 is 2.26 bits per heavy atom. The van der Waals surface area contributed by atoms with E-state index in [9.17, 15) is 5.11 Å². The van der Waals surface area contributed by atoms with Gasteiger partial charge in [0.15, 0.2) is 0 Å². The van der Waals surface area contributed by atoms with E-state index < -0.39 is 0 Å². The fraction of sp³-hybridized carbons (Fsp3) is 0.429. The maximum Gasteiger partial charge on any atom is 0.112 e. The van der Waals surface area contributed by atoms with Gasteiger partial charge in [-0.3, -0.25) is 0 Å². The van der Waals surface area contributed by atoms with Gasteiger partial charge < -0.3 is 5.11 Å². The van der Waals surface area contributed by atoms with E-state index >= 15 is 0 Å². The summed E-state index contributed by atoms with van der Waals surface area (Å²) in [5, 5.41) is 17.8. The van der Waals surface area contributed by atoms with Crippen LogP contribution in [0.25, 0.3) is 5.69 Å². The van der Waals surface area contributed by atoms with E-state index in [1.165, 1.54) is 24.2 Å². The third-order valence-electron chi connectivity index (χ3n) is 3.72. The maximum absolute atomic E-state index is 9.43. The molecule has 4 nitrogen and oxygen atoms in total. The molecule has 0 bridgehead atoms. The fourth-order valence-corrected chi connectivity index (χ4v) is 2.91. The highest BCUT2D eigenvalue weighted by Crippen LogP contribution is 2.38. The minimum absolute atomic E-state index is 0.0337. The van der Waals surface area contributed by atoms with Crippen molar-refractivity contribution in [3.05, 3.63) is 35.7 Å². The normalized spacial score (nSPS) is 15.5.